The number of hydrogen-bond acceptors (Lipinski definition) is 5. The van der Waals surface area contributed by atoms with E-state index in [9.17, 15) is 10.1 Å². The molecule has 0 spiro atoms. The summed E-state index contributed by atoms with van der Waals surface area (Å²) in [5.74, 6) is 0.821. The molecule has 1 N–H and O–H groups in total. The Bertz CT molecular complexity index is 435. The van der Waals surface area contributed by atoms with Gasteiger partial charge in [-0.15, -0.1) is 0 Å². The summed E-state index contributed by atoms with van der Waals surface area (Å²) >= 11 is 0. The van der Waals surface area contributed by atoms with Crippen molar-refractivity contribution in [3.8, 4) is 0 Å². The Morgan fingerprint density at radius 1 is 1.65 bits per heavy atom. The van der Waals surface area contributed by atoms with Gasteiger partial charge in [0.05, 0.1) is 4.92 Å². The average Bonchev–Trinajstić information content (AvgIpc) is 2.28. The molecule has 2 rings (SSSR count). The first-order valence-electron chi connectivity index (χ1n) is 5.67. The van der Waals surface area contributed by atoms with E-state index in [0.29, 0.717) is 11.6 Å². The fourth-order valence-corrected chi connectivity index (χ4v) is 2.04. The highest BCUT2D eigenvalue weighted by Gasteiger charge is 2.19. The molecule has 1 aliphatic rings. The summed E-state index contributed by atoms with van der Waals surface area (Å²) in [6.45, 7) is 6.54. The molecule has 92 valence electrons. The van der Waals surface area contributed by atoms with Crippen LogP contribution in [0.15, 0.2) is 12.3 Å². The quantitative estimate of drug-likeness (QED) is 0.615. The van der Waals surface area contributed by atoms with Crippen LogP contribution in [0.3, 0.4) is 0 Å². The van der Waals surface area contributed by atoms with Gasteiger partial charge in [-0.25, -0.2) is 4.98 Å². The number of anilines is 1. The van der Waals surface area contributed by atoms with E-state index >= 15 is 0 Å². The number of aromatic nitrogens is 1. The van der Waals surface area contributed by atoms with Gasteiger partial charge in [0.25, 0.3) is 5.69 Å². The minimum Gasteiger partial charge on any atom is -0.354 e. The van der Waals surface area contributed by atoms with Gasteiger partial charge < -0.3 is 10.2 Å². The minimum atomic E-state index is -0.396. The molecule has 0 unspecified atom stereocenters. The van der Waals surface area contributed by atoms with Crippen LogP contribution in [-0.2, 0) is 0 Å². The number of aryl methyl sites for hydroxylation is 1. The largest absolute Gasteiger partial charge is 0.354 e. The van der Waals surface area contributed by atoms with Crippen LogP contribution in [0, 0.1) is 17.0 Å². The summed E-state index contributed by atoms with van der Waals surface area (Å²) in [4.78, 5) is 16.6. The predicted molar refractivity (Wildman–Crippen MR) is 65.3 cm³/mol. The molecule has 1 saturated heterocycles. The van der Waals surface area contributed by atoms with Crippen LogP contribution in [0.4, 0.5) is 11.5 Å². The molecular weight excluding hydrogens is 220 g/mol. The first-order valence-corrected chi connectivity index (χ1v) is 5.67. The van der Waals surface area contributed by atoms with E-state index in [4.69, 9.17) is 0 Å². The Balaban J connectivity index is 2.22. The van der Waals surface area contributed by atoms with Gasteiger partial charge in [-0.3, -0.25) is 10.1 Å². The third-order valence-corrected chi connectivity index (χ3v) is 2.96. The van der Waals surface area contributed by atoms with Gasteiger partial charge >= 0.3 is 0 Å². The molecular formula is C11H16N4O2. The molecule has 0 aliphatic carbocycles. The molecule has 1 aliphatic heterocycles. The Morgan fingerprint density at radius 2 is 2.41 bits per heavy atom. The zero-order valence-corrected chi connectivity index (χ0v) is 10.0. The summed E-state index contributed by atoms with van der Waals surface area (Å²) < 4.78 is 0. The lowest BCUT2D eigenvalue weighted by Crippen LogP contribution is -2.49. The van der Waals surface area contributed by atoms with Crippen molar-refractivity contribution in [3.63, 3.8) is 0 Å². The molecule has 1 atom stereocenters. The molecule has 0 aromatic carbocycles. The number of hydrogen-bond donors (Lipinski definition) is 1. The van der Waals surface area contributed by atoms with Gasteiger partial charge in [0, 0.05) is 31.2 Å². The highest BCUT2D eigenvalue weighted by atomic mass is 16.6. The van der Waals surface area contributed by atoms with Crippen LogP contribution < -0.4 is 10.2 Å². The van der Waals surface area contributed by atoms with Gasteiger partial charge in [0.1, 0.15) is 12.0 Å². The zero-order chi connectivity index (χ0) is 12.4. The molecule has 0 amide bonds. The van der Waals surface area contributed by atoms with Gasteiger partial charge in [-0.05, 0) is 19.9 Å². The lowest BCUT2D eigenvalue weighted by atomic mass is 10.2. The van der Waals surface area contributed by atoms with E-state index < -0.39 is 4.92 Å². The number of nitrogens with one attached hydrogen (secondary N) is 1. The maximum Gasteiger partial charge on any atom is 0.290 e. The SMILES string of the molecule is Cc1cc(N2CCN[C@H](C)C2)ncc1[N+](=O)[O-]. The van der Waals surface area contributed by atoms with Crippen LogP contribution in [-0.4, -0.2) is 35.6 Å². The summed E-state index contributed by atoms with van der Waals surface area (Å²) in [5.41, 5.74) is 0.739. The molecule has 17 heavy (non-hydrogen) atoms. The highest BCUT2D eigenvalue weighted by molar-refractivity contribution is 5.49. The molecule has 6 nitrogen and oxygen atoms in total. The van der Waals surface area contributed by atoms with E-state index in [-0.39, 0.29) is 5.69 Å². The Hall–Kier alpha value is -1.69. The number of piperazine rings is 1. The van der Waals surface area contributed by atoms with Crippen molar-refractivity contribution >= 4 is 11.5 Å². The Labute approximate surface area is 99.8 Å². The fraction of sp³-hybridized carbons (Fsp3) is 0.545. The van der Waals surface area contributed by atoms with Crippen LogP contribution >= 0.6 is 0 Å². The maximum atomic E-state index is 10.7. The summed E-state index contributed by atoms with van der Waals surface area (Å²) in [6, 6.07) is 2.21. The Morgan fingerprint density at radius 3 is 3.00 bits per heavy atom. The van der Waals surface area contributed by atoms with Gasteiger partial charge in [0.2, 0.25) is 0 Å². The Kier molecular flexibility index (Phi) is 3.23. The second kappa shape index (κ2) is 4.67. The number of nitrogens with zero attached hydrogens (tertiary/aromatic N) is 3. The van der Waals surface area contributed by atoms with E-state index in [1.165, 1.54) is 6.20 Å². The monoisotopic (exact) mass is 236 g/mol. The van der Waals surface area contributed by atoms with Gasteiger partial charge in [-0.1, -0.05) is 0 Å². The van der Waals surface area contributed by atoms with Crippen LogP contribution in [0.1, 0.15) is 12.5 Å². The van der Waals surface area contributed by atoms with Crippen molar-refractivity contribution in [2.45, 2.75) is 19.9 Å². The van der Waals surface area contributed by atoms with Gasteiger partial charge in [-0.2, -0.15) is 0 Å². The van der Waals surface area contributed by atoms with Crippen LogP contribution in [0.2, 0.25) is 0 Å². The molecule has 1 aromatic heterocycles. The number of pyridine rings is 1. The van der Waals surface area contributed by atoms with Crippen molar-refractivity contribution in [2.24, 2.45) is 0 Å². The lowest BCUT2D eigenvalue weighted by molar-refractivity contribution is -0.385. The van der Waals surface area contributed by atoms with E-state index in [1.54, 1.807) is 13.0 Å². The molecule has 0 saturated carbocycles. The smallest absolute Gasteiger partial charge is 0.290 e. The first-order chi connectivity index (χ1) is 8.08. The molecule has 1 aromatic rings. The third kappa shape index (κ3) is 2.52. The van der Waals surface area contributed by atoms with Crippen molar-refractivity contribution in [1.29, 1.82) is 0 Å². The number of nitro groups is 1. The molecule has 1 fully saturated rings. The van der Waals surface area contributed by atoms with E-state index in [1.807, 2.05) is 0 Å². The topological polar surface area (TPSA) is 71.3 Å². The minimum absolute atomic E-state index is 0.0805. The maximum absolute atomic E-state index is 10.7. The summed E-state index contributed by atoms with van der Waals surface area (Å²) in [7, 11) is 0. The third-order valence-electron chi connectivity index (χ3n) is 2.96. The fourth-order valence-electron chi connectivity index (χ4n) is 2.04. The highest BCUT2D eigenvalue weighted by Crippen LogP contribution is 2.21. The summed E-state index contributed by atoms with van der Waals surface area (Å²) in [5, 5.41) is 14.1. The first kappa shape index (κ1) is 11.8. The normalized spacial score (nSPS) is 20.4. The molecule has 2 heterocycles. The predicted octanol–water partition coefficient (Wildman–Crippen LogP) is 1.10. The van der Waals surface area contributed by atoms with E-state index in [2.05, 4.69) is 22.1 Å². The zero-order valence-electron chi connectivity index (χ0n) is 10.0. The second-order valence-corrected chi connectivity index (χ2v) is 4.39. The van der Waals surface area contributed by atoms with Crippen LogP contribution in [0.25, 0.3) is 0 Å². The van der Waals surface area contributed by atoms with Crippen molar-refractivity contribution in [3.05, 3.63) is 27.9 Å². The summed E-state index contributed by atoms with van der Waals surface area (Å²) in [6.07, 6.45) is 1.34. The van der Waals surface area contributed by atoms with Crippen molar-refractivity contribution in [1.82, 2.24) is 10.3 Å². The standard InChI is InChI=1S/C11H16N4O2/c1-8-5-11(13-6-10(8)15(16)17)14-4-3-12-9(2)7-14/h5-6,9,12H,3-4,7H2,1-2H3/t9-/m1/s1. The molecule has 0 bridgehead atoms. The molecule has 0 radical (unpaired) electrons. The van der Waals surface area contributed by atoms with Crippen molar-refractivity contribution in [2.75, 3.05) is 24.5 Å². The van der Waals surface area contributed by atoms with E-state index in [0.717, 1.165) is 25.5 Å². The number of rotatable bonds is 2. The van der Waals surface area contributed by atoms with Gasteiger partial charge in [0.15, 0.2) is 0 Å². The van der Waals surface area contributed by atoms with Crippen molar-refractivity contribution < 1.29 is 4.92 Å². The average molecular weight is 236 g/mol. The lowest BCUT2D eigenvalue weighted by Gasteiger charge is -2.32. The molecule has 6 heteroatoms. The van der Waals surface area contributed by atoms with Crippen LogP contribution in [0.5, 0.6) is 0 Å². The second-order valence-electron chi connectivity index (χ2n) is 4.39.